The van der Waals surface area contributed by atoms with Crippen LogP contribution < -0.4 is 9.47 Å². The molecule has 82 valence electrons. The molecule has 0 aliphatic heterocycles. The molecule has 1 fully saturated rings. The molecular formula is C12H16O3. The first-order chi connectivity index (χ1) is 7.18. The standard InChI is InChI=1S/C12H16O3/c1-14-10-4-3-5-11(15-2)9(10)8-12(13)6-7-12/h3-5,13H,6-8H2,1-2H3. The fraction of sp³-hybridized carbons (Fsp3) is 0.500. The Bertz CT molecular complexity index is 334. The molecule has 1 aromatic carbocycles. The molecule has 0 bridgehead atoms. The number of ether oxygens (including phenoxy) is 2. The Labute approximate surface area is 89.6 Å². The van der Waals surface area contributed by atoms with E-state index in [4.69, 9.17) is 9.47 Å². The van der Waals surface area contributed by atoms with Gasteiger partial charge in [-0.3, -0.25) is 0 Å². The minimum Gasteiger partial charge on any atom is -0.496 e. The largest absolute Gasteiger partial charge is 0.496 e. The van der Waals surface area contributed by atoms with Gasteiger partial charge in [0, 0.05) is 12.0 Å². The molecule has 15 heavy (non-hydrogen) atoms. The van der Waals surface area contributed by atoms with Crippen LogP contribution in [0, 0.1) is 0 Å². The van der Waals surface area contributed by atoms with Crippen LogP contribution in [0.25, 0.3) is 0 Å². The van der Waals surface area contributed by atoms with E-state index in [9.17, 15) is 5.11 Å². The third-order valence-electron chi connectivity index (χ3n) is 2.86. The highest BCUT2D eigenvalue weighted by Gasteiger charge is 2.41. The lowest BCUT2D eigenvalue weighted by Crippen LogP contribution is -2.12. The Morgan fingerprint density at radius 3 is 2.13 bits per heavy atom. The molecule has 0 amide bonds. The normalized spacial score (nSPS) is 17.3. The summed E-state index contributed by atoms with van der Waals surface area (Å²) in [6.07, 6.45) is 2.35. The van der Waals surface area contributed by atoms with Gasteiger partial charge in [-0.25, -0.2) is 0 Å². The van der Waals surface area contributed by atoms with Gasteiger partial charge in [0.25, 0.3) is 0 Å². The number of hydrogen-bond donors (Lipinski definition) is 1. The third kappa shape index (κ3) is 2.07. The van der Waals surface area contributed by atoms with E-state index >= 15 is 0 Å². The van der Waals surface area contributed by atoms with Gasteiger partial charge in [0.1, 0.15) is 11.5 Å². The van der Waals surface area contributed by atoms with Crippen molar-refractivity contribution in [3.63, 3.8) is 0 Å². The van der Waals surface area contributed by atoms with Crippen molar-refractivity contribution in [1.82, 2.24) is 0 Å². The molecule has 3 heteroatoms. The predicted octanol–water partition coefficient (Wildman–Crippen LogP) is 1.77. The fourth-order valence-electron chi connectivity index (χ4n) is 1.75. The molecule has 3 nitrogen and oxygen atoms in total. The lowest BCUT2D eigenvalue weighted by molar-refractivity contribution is 0.148. The summed E-state index contributed by atoms with van der Waals surface area (Å²) in [5.41, 5.74) is 0.435. The van der Waals surface area contributed by atoms with Gasteiger partial charge in [-0.1, -0.05) is 6.07 Å². The van der Waals surface area contributed by atoms with Crippen LogP contribution in [0.4, 0.5) is 0 Å². The first-order valence-electron chi connectivity index (χ1n) is 5.11. The quantitative estimate of drug-likeness (QED) is 0.819. The highest BCUT2D eigenvalue weighted by molar-refractivity contribution is 5.46. The number of aliphatic hydroxyl groups is 1. The molecule has 0 saturated heterocycles. The van der Waals surface area contributed by atoms with Crippen LogP contribution in [0.1, 0.15) is 18.4 Å². The van der Waals surface area contributed by atoms with E-state index in [1.807, 2.05) is 18.2 Å². The summed E-state index contributed by atoms with van der Waals surface area (Å²) in [6.45, 7) is 0. The lowest BCUT2D eigenvalue weighted by atomic mass is 10.0. The van der Waals surface area contributed by atoms with Gasteiger partial charge < -0.3 is 14.6 Å². The van der Waals surface area contributed by atoms with Crippen LogP contribution in [0.5, 0.6) is 11.5 Å². The van der Waals surface area contributed by atoms with Crippen molar-refractivity contribution in [3.8, 4) is 11.5 Å². The van der Waals surface area contributed by atoms with E-state index in [-0.39, 0.29) is 0 Å². The first-order valence-corrected chi connectivity index (χ1v) is 5.11. The van der Waals surface area contributed by atoms with Crippen LogP contribution in [-0.2, 0) is 6.42 Å². The summed E-state index contributed by atoms with van der Waals surface area (Å²) >= 11 is 0. The van der Waals surface area contributed by atoms with Gasteiger partial charge in [-0.15, -0.1) is 0 Å². The minimum atomic E-state index is -0.526. The summed E-state index contributed by atoms with van der Waals surface area (Å²) in [5.74, 6) is 1.57. The van der Waals surface area contributed by atoms with Crippen molar-refractivity contribution in [2.24, 2.45) is 0 Å². The summed E-state index contributed by atoms with van der Waals surface area (Å²) in [7, 11) is 3.27. The molecule has 0 aromatic heterocycles. The van der Waals surface area contributed by atoms with E-state index in [0.717, 1.165) is 29.9 Å². The van der Waals surface area contributed by atoms with E-state index < -0.39 is 5.60 Å². The molecule has 1 aliphatic rings. The Balaban J connectivity index is 2.32. The molecule has 0 unspecified atom stereocenters. The second-order valence-electron chi connectivity index (χ2n) is 4.04. The molecular weight excluding hydrogens is 192 g/mol. The van der Waals surface area contributed by atoms with E-state index in [1.165, 1.54) is 0 Å². The van der Waals surface area contributed by atoms with Gasteiger partial charge >= 0.3 is 0 Å². The van der Waals surface area contributed by atoms with Crippen molar-refractivity contribution in [2.75, 3.05) is 14.2 Å². The second kappa shape index (κ2) is 3.74. The number of benzene rings is 1. The van der Waals surface area contributed by atoms with Crippen molar-refractivity contribution in [3.05, 3.63) is 23.8 Å². The SMILES string of the molecule is COc1cccc(OC)c1CC1(O)CC1. The monoisotopic (exact) mass is 208 g/mol. The van der Waals surface area contributed by atoms with E-state index in [2.05, 4.69) is 0 Å². The number of hydrogen-bond acceptors (Lipinski definition) is 3. The zero-order chi connectivity index (χ0) is 10.9. The minimum absolute atomic E-state index is 0.526. The van der Waals surface area contributed by atoms with Gasteiger partial charge in [-0.05, 0) is 25.0 Å². The third-order valence-corrected chi connectivity index (χ3v) is 2.86. The predicted molar refractivity (Wildman–Crippen MR) is 57.4 cm³/mol. The van der Waals surface area contributed by atoms with Crippen molar-refractivity contribution in [2.45, 2.75) is 24.9 Å². The van der Waals surface area contributed by atoms with Crippen molar-refractivity contribution >= 4 is 0 Å². The highest BCUT2D eigenvalue weighted by atomic mass is 16.5. The first kappa shape index (κ1) is 10.3. The molecule has 0 radical (unpaired) electrons. The van der Waals surface area contributed by atoms with Gasteiger partial charge in [0.15, 0.2) is 0 Å². The van der Waals surface area contributed by atoms with Crippen molar-refractivity contribution < 1.29 is 14.6 Å². The number of rotatable bonds is 4. The Morgan fingerprint density at radius 2 is 1.73 bits per heavy atom. The molecule has 1 aromatic rings. The molecule has 2 rings (SSSR count). The Morgan fingerprint density at radius 1 is 1.20 bits per heavy atom. The van der Waals surface area contributed by atoms with Crippen LogP contribution in [0.3, 0.4) is 0 Å². The zero-order valence-corrected chi connectivity index (χ0v) is 9.12. The average molecular weight is 208 g/mol. The molecule has 1 saturated carbocycles. The smallest absolute Gasteiger partial charge is 0.125 e. The van der Waals surface area contributed by atoms with Crippen LogP contribution in [0.15, 0.2) is 18.2 Å². The molecule has 1 N–H and O–H groups in total. The average Bonchev–Trinajstić information content (AvgIpc) is 2.96. The molecule has 0 heterocycles. The van der Waals surface area contributed by atoms with Crippen molar-refractivity contribution in [1.29, 1.82) is 0 Å². The van der Waals surface area contributed by atoms with Crippen LogP contribution in [0.2, 0.25) is 0 Å². The fourth-order valence-corrected chi connectivity index (χ4v) is 1.75. The molecule has 0 spiro atoms. The second-order valence-corrected chi connectivity index (χ2v) is 4.04. The summed E-state index contributed by atoms with van der Waals surface area (Å²) < 4.78 is 10.5. The Hall–Kier alpha value is -1.22. The number of methoxy groups -OCH3 is 2. The van der Waals surface area contributed by atoms with E-state index in [1.54, 1.807) is 14.2 Å². The topological polar surface area (TPSA) is 38.7 Å². The van der Waals surface area contributed by atoms with Gasteiger partial charge in [-0.2, -0.15) is 0 Å². The maximum atomic E-state index is 9.91. The molecule has 0 atom stereocenters. The summed E-state index contributed by atoms with van der Waals surface area (Å²) in [6, 6.07) is 5.67. The Kier molecular flexibility index (Phi) is 2.57. The van der Waals surface area contributed by atoms with Crippen LogP contribution >= 0.6 is 0 Å². The lowest BCUT2D eigenvalue weighted by Gasteiger charge is -2.15. The summed E-state index contributed by atoms with van der Waals surface area (Å²) in [4.78, 5) is 0. The van der Waals surface area contributed by atoms with E-state index in [0.29, 0.717) is 6.42 Å². The zero-order valence-electron chi connectivity index (χ0n) is 9.12. The maximum absolute atomic E-state index is 9.91. The van der Waals surface area contributed by atoms with Gasteiger partial charge in [0.05, 0.1) is 19.8 Å². The maximum Gasteiger partial charge on any atom is 0.125 e. The molecule has 1 aliphatic carbocycles. The highest BCUT2D eigenvalue weighted by Crippen LogP contribution is 2.42. The van der Waals surface area contributed by atoms with Crippen LogP contribution in [-0.4, -0.2) is 24.9 Å². The summed E-state index contributed by atoms with van der Waals surface area (Å²) in [5, 5.41) is 9.91. The van der Waals surface area contributed by atoms with Gasteiger partial charge in [0.2, 0.25) is 0 Å².